The Morgan fingerprint density at radius 2 is 1.94 bits per heavy atom. The number of hydrogen-bond donors (Lipinski definition) is 0. The van der Waals surface area contributed by atoms with Crippen LogP contribution < -0.4 is 0 Å². The molecule has 0 aromatic carbocycles. The minimum absolute atomic E-state index is 0.409. The van der Waals surface area contributed by atoms with Gasteiger partial charge >= 0.3 is 0 Å². The highest BCUT2D eigenvalue weighted by Gasteiger charge is 2.26. The molecule has 2 atom stereocenters. The molecule has 0 aliphatic heterocycles. The summed E-state index contributed by atoms with van der Waals surface area (Å²) in [5, 5.41) is 0. The average Bonchev–Trinajstić information content (AvgIpc) is 2.46. The van der Waals surface area contributed by atoms with Gasteiger partial charge in [-0.1, -0.05) is 71.8 Å². The molecule has 0 heterocycles. The van der Waals surface area contributed by atoms with E-state index in [2.05, 4.69) is 45.9 Å². The summed E-state index contributed by atoms with van der Waals surface area (Å²) < 4.78 is 0. The summed E-state index contributed by atoms with van der Waals surface area (Å²) in [6.45, 7) is 13.3. The summed E-state index contributed by atoms with van der Waals surface area (Å²) >= 11 is 0. The van der Waals surface area contributed by atoms with Crippen LogP contribution in [0.2, 0.25) is 0 Å². The second-order valence-corrected chi connectivity index (χ2v) is 4.86. The van der Waals surface area contributed by atoms with Gasteiger partial charge in [0, 0.05) is 0 Å². The highest BCUT2D eigenvalue weighted by molar-refractivity contribution is 5.23. The zero-order valence-corrected chi connectivity index (χ0v) is 12.1. The van der Waals surface area contributed by atoms with Crippen molar-refractivity contribution in [2.24, 2.45) is 11.3 Å². The molecule has 1 rings (SSSR count). The van der Waals surface area contributed by atoms with Gasteiger partial charge < -0.3 is 0 Å². The molecule has 0 bridgehead atoms. The van der Waals surface area contributed by atoms with E-state index >= 15 is 0 Å². The van der Waals surface area contributed by atoms with Crippen LogP contribution in [0.15, 0.2) is 23.8 Å². The van der Waals surface area contributed by atoms with Crippen LogP contribution in [0.1, 0.15) is 67.2 Å². The fraction of sp³-hybridized carbons (Fsp3) is 0.750. The van der Waals surface area contributed by atoms with Gasteiger partial charge in [-0.05, 0) is 30.6 Å². The van der Waals surface area contributed by atoms with Crippen LogP contribution >= 0.6 is 0 Å². The monoisotopic (exact) mass is 222 g/mol. The van der Waals surface area contributed by atoms with Gasteiger partial charge in [-0.25, -0.2) is 0 Å². The van der Waals surface area contributed by atoms with Crippen molar-refractivity contribution in [1.82, 2.24) is 0 Å². The standard InChI is InChI=1S/C14H24.C2H6/c1-5-7-13-9-8-12(3)14(4,6-2)11-10-13;1-2/h9-12H,5-8H2,1-4H3;1-2H3/t12?,14-;/m0./s1. The van der Waals surface area contributed by atoms with Gasteiger partial charge in [-0.15, -0.1) is 0 Å². The predicted octanol–water partition coefficient (Wildman–Crippen LogP) is 5.75. The van der Waals surface area contributed by atoms with E-state index in [-0.39, 0.29) is 0 Å². The van der Waals surface area contributed by atoms with Crippen molar-refractivity contribution in [3.63, 3.8) is 0 Å². The van der Waals surface area contributed by atoms with E-state index in [1.54, 1.807) is 0 Å². The molecule has 0 N–H and O–H groups in total. The van der Waals surface area contributed by atoms with Gasteiger partial charge in [0.05, 0.1) is 0 Å². The number of allylic oxidation sites excluding steroid dienone is 4. The van der Waals surface area contributed by atoms with E-state index in [9.17, 15) is 0 Å². The summed E-state index contributed by atoms with van der Waals surface area (Å²) in [6, 6.07) is 0. The first-order chi connectivity index (χ1) is 7.62. The third-order valence-corrected chi connectivity index (χ3v) is 3.84. The van der Waals surface area contributed by atoms with E-state index in [4.69, 9.17) is 0 Å². The van der Waals surface area contributed by atoms with Gasteiger partial charge in [0.25, 0.3) is 0 Å². The molecule has 0 aromatic heterocycles. The third-order valence-electron chi connectivity index (χ3n) is 3.84. The molecule has 0 saturated heterocycles. The van der Waals surface area contributed by atoms with Crippen LogP contribution in [0.4, 0.5) is 0 Å². The van der Waals surface area contributed by atoms with Gasteiger partial charge in [0.15, 0.2) is 0 Å². The summed E-state index contributed by atoms with van der Waals surface area (Å²) in [6.07, 6.45) is 12.2. The predicted molar refractivity (Wildman–Crippen MR) is 75.7 cm³/mol. The Morgan fingerprint density at radius 1 is 1.31 bits per heavy atom. The molecule has 0 amide bonds. The van der Waals surface area contributed by atoms with Crippen molar-refractivity contribution in [2.45, 2.75) is 67.2 Å². The lowest BCUT2D eigenvalue weighted by Crippen LogP contribution is -2.20. The topological polar surface area (TPSA) is 0 Å². The molecule has 1 unspecified atom stereocenters. The lowest BCUT2D eigenvalue weighted by Gasteiger charge is -2.30. The Kier molecular flexibility index (Phi) is 7.45. The smallest absolute Gasteiger partial charge is 0.0117 e. The molecule has 1 aliphatic rings. The molecular formula is C16H30. The molecule has 0 radical (unpaired) electrons. The van der Waals surface area contributed by atoms with Crippen LogP contribution in [-0.2, 0) is 0 Å². The molecule has 0 heteroatoms. The summed E-state index contributed by atoms with van der Waals surface area (Å²) in [5.74, 6) is 0.776. The quantitative estimate of drug-likeness (QED) is 0.570. The highest BCUT2D eigenvalue weighted by atomic mass is 14.3. The van der Waals surface area contributed by atoms with Gasteiger partial charge in [0.2, 0.25) is 0 Å². The normalized spacial score (nSPS) is 28.9. The first-order valence-electron chi connectivity index (χ1n) is 7.00. The third kappa shape index (κ3) is 4.15. The van der Waals surface area contributed by atoms with E-state index in [1.165, 1.54) is 31.3 Å². The van der Waals surface area contributed by atoms with Crippen molar-refractivity contribution in [3.8, 4) is 0 Å². The Balaban J connectivity index is 0.00000106. The summed E-state index contributed by atoms with van der Waals surface area (Å²) in [7, 11) is 0. The fourth-order valence-electron chi connectivity index (χ4n) is 2.07. The Labute approximate surface area is 103 Å². The van der Waals surface area contributed by atoms with E-state index in [0.29, 0.717) is 5.41 Å². The zero-order valence-electron chi connectivity index (χ0n) is 12.1. The average molecular weight is 222 g/mol. The van der Waals surface area contributed by atoms with E-state index < -0.39 is 0 Å². The molecule has 1 aliphatic carbocycles. The van der Waals surface area contributed by atoms with Crippen molar-refractivity contribution in [3.05, 3.63) is 23.8 Å². The largest absolute Gasteiger partial charge is 0.0810 e. The second kappa shape index (κ2) is 7.70. The van der Waals surface area contributed by atoms with Gasteiger partial charge in [-0.3, -0.25) is 0 Å². The first kappa shape index (κ1) is 15.5. The lowest BCUT2D eigenvalue weighted by molar-refractivity contribution is 0.269. The minimum atomic E-state index is 0.409. The molecular weight excluding hydrogens is 192 g/mol. The molecule has 0 spiro atoms. The van der Waals surface area contributed by atoms with Crippen molar-refractivity contribution in [1.29, 1.82) is 0 Å². The second-order valence-electron chi connectivity index (χ2n) is 4.86. The maximum Gasteiger partial charge on any atom is -0.0117 e. The van der Waals surface area contributed by atoms with Crippen LogP contribution in [0.25, 0.3) is 0 Å². The molecule has 0 aromatic rings. The van der Waals surface area contributed by atoms with Crippen LogP contribution in [0, 0.1) is 11.3 Å². The van der Waals surface area contributed by atoms with Gasteiger partial charge in [0.1, 0.15) is 0 Å². The zero-order chi connectivity index (χ0) is 12.6. The Morgan fingerprint density at radius 3 is 2.44 bits per heavy atom. The molecule has 0 nitrogen and oxygen atoms in total. The van der Waals surface area contributed by atoms with E-state index in [0.717, 1.165) is 5.92 Å². The Hall–Kier alpha value is -0.520. The molecule has 16 heavy (non-hydrogen) atoms. The lowest BCUT2D eigenvalue weighted by atomic mass is 9.75. The number of hydrogen-bond acceptors (Lipinski definition) is 0. The van der Waals surface area contributed by atoms with Crippen LogP contribution in [-0.4, -0.2) is 0 Å². The first-order valence-corrected chi connectivity index (χ1v) is 7.00. The minimum Gasteiger partial charge on any atom is -0.0810 e. The number of rotatable bonds is 3. The van der Waals surface area contributed by atoms with Crippen molar-refractivity contribution < 1.29 is 0 Å². The molecule has 0 fully saturated rings. The summed E-state index contributed by atoms with van der Waals surface area (Å²) in [4.78, 5) is 0. The molecule has 94 valence electrons. The Bertz CT molecular complexity index is 234. The maximum atomic E-state index is 2.44. The highest BCUT2D eigenvalue weighted by Crippen LogP contribution is 2.37. The van der Waals surface area contributed by atoms with Crippen molar-refractivity contribution in [2.75, 3.05) is 0 Å². The van der Waals surface area contributed by atoms with Crippen LogP contribution in [0.3, 0.4) is 0 Å². The van der Waals surface area contributed by atoms with Crippen molar-refractivity contribution >= 4 is 0 Å². The molecule has 0 saturated carbocycles. The van der Waals surface area contributed by atoms with E-state index in [1.807, 2.05) is 13.8 Å². The maximum absolute atomic E-state index is 2.44. The summed E-state index contributed by atoms with van der Waals surface area (Å²) in [5.41, 5.74) is 1.95. The van der Waals surface area contributed by atoms with Gasteiger partial charge in [-0.2, -0.15) is 0 Å². The SMILES string of the molecule is CC.CCCC1=CCC(C)[C@@](C)(CC)C=C1. The van der Waals surface area contributed by atoms with Crippen LogP contribution in [0.5, 0.6) is 0 Å². The fourth-order valence-corrected chi connectivity index (χ4v) is 2.07.